The monoisotopic (exact) mass is 599 g/mol. The molecular formula is C30H35Cl2N5O4. The molecule has 11 heteroatoms. The Labute approximate surface area is 251 Å². The zero-order valence-corrected chi connectivity index (χ0v) is 25.1. The van der Waals surface area contributed by atoms with Gasteiger partial charge in [0.15, 0.2) is 0 Å². The van der Waals surface area contributed by atoms with Crippen molar-refractivity contribution in [2.24, 2.45) is 5.16 Å². The molecule has 0 fully saturated rings. The number of rotatable bonds is 12. The summed E-state index contributed by atoms with van der Waals surface area (Å²) >= 11 is 6.59. The van der Waals surface area contributed by atoms with Gasteiger partial charge < -0.3 is 25.3 Å². The van der Waals surface area contributed by atoms with Gasteiger partial charge in [-0.1, -0.05) is 35.0 Å². The Morgan fingerprint density at radius 3 is 2.73 bits per heavy atom. The first-order valence-corrected chi connectivity index (χ1v) is 13.5. The van der Waals surface area contributed by atoms with Gasteiger partial charge in [0, 0.05) is 29.3 Å². The summed E-state index contributed by atoms with van der Waals surface area (Å²) < 4.78 is 6.05. The summed E-state index contributed by atoms with van der Waals surface area (Å²) in [6.07, 6.45) is 6.26. The fraction of sp³-hybridized carbons (Fsp3) is 0.333. The molecule has 0 saturated heterocycles. The number of aromatic nitrogens is 2. The second-order valence-corrected chi connectivity index (χ2v) is 10.5. The van der Waals surface area contributed by atoms with Crippen molar-refractivity contribution in [3.63, 3.8) is 0 Å². The molecule has 1 amide bonds. The average molecular weight is 601 g/mol. The van der Waals surface area contributed by atoms with Gasteiger partial charge in [0.2, 0.25) is 5.91 Å². The van der Waals surface area contributed by atoms with Crippen LogP contribution < -0.4 is 15.4 Å². The molecule has 2 aromatic carbocycles. The third-order valence-corrected chi connectivity index (χ3v) is 6.44. The largest absolute Gasteiger partial charge is 0.456 e. The lowest BCUT2D eigenvalue weighted by Crippen LogP contribution is -2.33. The maximum Gasteiger partial charge on any atom is 0.222 e. The molecule has 1 atom stereocenters. The number of fused-ring (bicyclic) bond motifs is 1. The molecule has 41 heavy (non-hydrogen) atoms. The van der Waals surface area contributed by atoms with Crippen LogP contribution in [0.5, 0.6) is 11.5 Å². The highest BCUT2D eigenvalue weighted by molar-refractivity contribution is 6.32. The number of allylic oxidation sites excluding steroid dienone is 1. The van der Waals surface area contributed by atoms with Crippen molar-refractivity contribution in [3.05, 3.63) is 76.7 Å². The summed E-state index contributed by atoms with van der Waals surface area (Å²) in [4.78, 5) is 26.1. The highest BCUT2D eigenvalue weighted by Crippen LogP contribution is 2.38. The van der Waals surface area contributed by atoms with Gasteiger partial charge in [0.25, 0.3) is 0 Å². The third-order valence-electron chi connectivity index (χ3n) is 6.15. The third kappa shape index (κ3) is 8.91. The minimum atomic E-state index is -1.04. The number of anilines is 2. The number of oxime groups is 1. The highest BCUT2D eigenvalue weighted by atomic mass is 35.5. The van der Waals surface area contributed by atoms with Crippen molar-refractivity contribution in [2.45, 2.75) is 52.1 Å². The van der Waals surface area contributed by atoms with E-state index in [0.717, 1.165) is 28.2 Å². The standard InChI is InChI=1S/C30H34ClN5O4.ClH/c1-5-39-36-19(2)21-7-6-8-23(15-21)40-26-12-10-22(16-24(26)31)35-29-28-20(9-11-25(28)33-18-34-29)13-14-32-27(37)17-30(3,4)38;/h6-12,15-16,18,20,38H,5,13-14,17H2,1-4H3,(H,32,37)(H,33,34,35);1H/b36-19+;. The minimum Gasteiger partial charge on any atom is -0.456 e. The summed E-state index contributed by atoms with van der Waals surface area (Å²) in [5, 5.41) is 20.6. The maximum absolute atomic E-state index is 12.1. The van der Waals surface area contributed by atoms with E-state index in [0.29, 0.717) is 41.9 Å². The van der Waals surface area contributed by atoms with E-state index in [4.69, 9.17) is 21.2 Å². The van der Waals surface area contributed by atoms with Crippen molar-refractivity contribution < 1.29 is 19.5 Å². The second kappa shape index (κ2) is 14.3. The fourth-order valence-corrected chi connectivity index (χ4v) is 4.52. The minimum absolute atomic E-state index is 0. The number of hydrogen-bond donors (Lipinski definition) is 3. The first-order valence-electron chi connectivity index (χ1n) is 13.2. The molecule has 1 aromatic heterocycles. The predicted molar refractivity (Wildman–Crippen MR) is 165 cm³/mol. The molecule has 1 aliphatic rings. The zero-order chi connectivity index (χ0) is 28.7. The number of ether oxygens (including phenoxy) is 1. The van der Waals surface area contributed by atoms with Gasteiger partial charge in [-0.25, -0.2) is 9.97 Å². The van der Waals surface area contributed by atoms with Gasteiger partial charge in [-0.2, -0.15) is 0 Å². The fourth-order valence-electron chi connectivity index (χ4n) is 4.30. The summed E-state index contributed by atoms with van der Waals surface area (Å²) in [6.45, 7) is 7.95. The average Bonchev–Trinajstić information content (AvgIpc) is 3.32. The predicted octanol–water partition coefficient (Wildman–Crippen LogP) is 6.63. The molecule has 9 nitrogen and oxygen atoms in total. The van der Waals surface area contributed by atoms with Crippen LogP contribution in [0.3, 0.4) is 0 Å². The van der Waals surface area contributed by atoms with Gasteiger partial charge in [0.05, 0.1) is 28.5 Å². The SMILES string of the molecule is CCO/N=C(\C)c1cccc(Oc2ccc(Nc3ncnc4c3C(CCNC(=O)CC(C)(C)O)C=C4)cc2Cl)c1.Cl. The van der Waals surface area contributed by atoms with Crippen LogP contribution in [0.15, 0.2) is 60.0 Å². The normalized spacial score (nSPS) is 14.2. The van der Waals surface area contributed by atoms with Crippen LogP contribution in [0.25, 0.3) is 6.08 Å². The lowest BCUT2D eigenvalue weighted by molar-refractivity contribution is -0.124. The number of halogens is 2. The van der Waals surface area contributed by atoms with Crippen LogP contribution in [-0.4, -0.2) is 45.4 Å². The number of benzene rings is 2. The Bertz CT molecular complexity index is 1420. The van der Waals surface area contributed by atoms with E-state index < -0.39 is 5.60 Å². The Morgan fingerprint density at radius 1 is 1.20 bits per heavy atom. The van der Waals surface area contributed by atoms with E-state index in [1.165, 1.54) is 6.33 Å². The second-order valence-electron chi connectivity index (χ2n) is 10.1. The van der Waals surface area contributed by atoms with Crippen molar-refractivity contribution in [3.8, 4) is 11.5 Å². The van der Waals surface area contributed by atoms with E-state index >= 15 is 0 Å². The quantitative estimate of drug-likeness (QED) is 0.158. The highest BCUT2D eigenvalue weighted by Gasteiger charge is 2.24. The molecule has 218 valence electrons. The molecule has 0 radical (unpaired) electrons. The summed E-state index contributed by atoms with van der Waals surface area (Å²) in [6, 6.07) is 13.0. The molecule has 0 aliphatic heterocycles. The van der Waals surface area contributed by atoms with Crippen LogP contribution in [0, 0.1) is 0 Å². The van der Waals surface area contributed by atoms with E-state index in [-0.39, 0.29) is 30.7 Å². The molecular weight excluding hydrogens is 565 g/mol. The van der Waals surface area contributed by atoms with Crippen molar-refractivity contribution >= 4 is 53.2 Å². The molecule has 0 spiro atoms. The molecule has 1 unspecified atom stereocenters. The zero-order valence-electron chi connectivity index (χ0n) is 23.5. The van der Waals surface area contributed by atoms with Gasteiger partial charge in [-0.05, 0) is 70.5 Å². The van der Waals surface area contributed by atoms with Crippen LogP contribution >= 0.6 is 24.0 Å². The molecule has 3 N–H and O–H groups in total. The van der Waals surface area contributed by atoms with Gasteiger partial charge in [0.1, 0.15) is 30.3 Å². The van der Waals surface area contributed by atoms with Crippen molar-refractivity contribution in [1.82, 2.24) is 15.3 Å². The number of nitrogens with one attached hydrogen (secondary N) is 2. The number of amides is 1. The first kappa shape index (κ1) is 31.9. The van der Waals surface area contributed by atoms with Crippen LogP contribution in [0.2, 0.25) is 5.02 Å². The molecule has 0 saturated carbocycles. The Kier molecular flexibility index (Phi) is 11.1. The van der Waals surface area contributed by atoms with E-state index in [9.17, 15) is 9.90 Å². The van der Waals surface area contributed by atoms with Crippen molar-refractivity contribution in [1.29, 1.82) is 0 Å². The van der Waals surface area contributed by atoms with Gasteiger partial charge >= 0.3 is 0 Å². The van der Waals surface area contributed by atoms with Crippen LogP contribution in [0.4, 0.5) is 11.5 Å². The molecule has 1 aliphatic carbocycles. The van der Waals surface area contributed by atoms with E-state index in [2.05, 4.69) is 31.8 Å². The number of carbonyl (C=O) groups excluding carboxylic acids is 1. The topological polar surface area (TPSA) is 118 Å². The smallest absolute Gasteiger partial charge is 0.222 e. The van der Waals surface area contributed by atoms with Gasteiger partial charge in [-0.15, -0.1) is 12.4 Å². The van der Waals surface area contributed by atoms with E-state index in [1.807, 2.05) is 50.3 Å². The Balaban J connectivity index is 0.00000462. The molecule has 4 rings (SSSR count). The van der Waals surface area contributed by atoms with E-state index in [1.54, 1.807) is 26.0 Å². The van der Waals surface area contributed by atoms with Gasteiger partial charge in [-0.3, -0.25) is 4.79 Å². The van der Waals surface area contributed by atoms with Crippen molar-refractivity contribution in [2.75, 3.05) is 18.5 Å². The number of carbonyl (C=O) groups is 1. The Morgan fingerprint density at radius 2 is 2.00 bits per heavy atom. The summed E-state index contributed by atoms with van der Waals surface area (Å²) in [5.41, 5.74) is 3.13. The summed E-state index contributed by atoms with van der Waals surface area (Å²) in [7, 11) is 0. The Hall–Kier alpha value is -3.66. The lowest BCUT2D eigenvalue weighted by atomic mass is 9.99. The molecule has 0 bridgehead atoms. The first-order chi connectivity index (χ1) is 19.1. The lowest BCUT2D eigenvalue weighted by Gasteiger charge is -2.18. The number of aliphatic hydroxyl groups is 1. The maximum atomic E-state index is 12.1. The number of hydrogen-bond acceptors (Lipinski definition) is 8. The number of nitrogens with zero attached hydrogens (tertiary/aromatic N) is 3. The summed E-state index contributed by atoms with van der Waals surface area (Å²) in [5.74, 6) is 1.65. The van der Waals surface area contributed by atoms with Crippen LogP contribution in [-0.2, 0) is 9.63 Å². The molecule has 3 aromatic rings. The molecule has 1 heterocycles. The van der Waals surface area contributed by atoms with Crippen LogP contribution in [0.1, 0.15) is 63.3 Å².